The van der Waals surface area contributed by atoms with E-state index in [0.29, 0.717) is 23.6 Å². The number of nitrogens with zero attached hydrogens (tertiary/aromatic N) is 2. The average Bonchev–Trinajstić information content (AvgIpc) is 2.28. The van der Waals surface area contributed by atoms with Gasteiger partial charge < -0.3 is 15.2 Å². The molecule has 0 unspecified atom stereocenters. The van der Waals surface area contributed by atoms with Gasteiger partial charge in [0.25, 0.3) is 5.69 Å². The SMILES string of the molecule is O=[N+]([O-])c1cc(Br)nc(NCCOCCO)c1. The van der Waals surface area contributed by atoms with Gasteiger partial charge in [-0.1, -0.05) is 0 Å². The van der Waals surface area contributed by atoms with Gasteiger partial charge >= 0.3 is 0 Å². The number of hydrogen-bond acceptors (Lipinski definition) is 6. The number of anilines is 1. The lowest BCUT2D eigenvalue weighted by Crippen LogP contribution is -2.12. The minimum atomic E-state index is -0.486. The quantitative estimate of drug-likeness (QED) is 0.340. The highest BCUT2D eigenvalue weighted by Gasteiger charge is 2.09. The number of hydrogen-bond donors (Lipinski definition) is 2. The average molecular weight is 306 g/mol. The third-order valence-electron chi connectivity index (χ3n) is 1.78. The third kappa shape index (κ3) is 5.07. The summed E-state index contributed by atoms with van der Waals surface area (Å²) in [7, 11) is 0. The lowest BCUT2D eigenvalue weighted by atomic mass is 10.4. The van der Waals surface area contributed by atoms with E-state index < -0.39 is 4.92 Å². The number of ether oxygens (including phenoxy) is 1. The second-order valence-corrected chi connectivity index (χ2v) is 3.87. The monoisotopic (exact) mass is 305 g/mol. The largest absolute Gasteiger partial charge is 0.394 e. The normalized spacial score (nSPS) is 10.2. The van der Waals surface area contributed by atoms with Crippen molar-refractivity contribution in [2.24, 2.45) is 0 Å². The van der Waals surface area contributed by atoms with E-state index in [1.54, 1.807) is 0 Å². The lowest BCUT2D eigenvalue weighted by molar-refractivity contribution is -0.384. The van der Waals surface area contributed by atoms with Crippen molar-refractivity contribution in [2.45, 2.75) is 0 Å². The molecule has 8 heteroatoms. The smallest absolute Gasteiger partial charge is 0.275 e. The fourth-order valence-corrected chi connectivity index (χ4v) is 1.52. The minimum Gasteiger partial charge on any atom is -0.394 e. The van der Waals surface area contributed by atoms with Gasteiger partial charge in [0.1, 0.15) is 10.4 Å². The second kappa shape index (κ2) is 7.15. The van der Waals surface area contributed by atoms with Gasteiger partial charge in [0.15, 0.2) is 0 Å². The molecule has 0 saturated heterocycles. The van der Waals surface area contributed by atoms with E-state index in [9.17, 15) is 10.1 Å². The Labute approximate surface area is 106 Å². The van der Waals surface area contributed by atoms with Crippen LogP contribution in [0.2, 0.25) is 0 Å². The van der Waals surface area contributed by atoms with Crippen molar-refractivity contribution in [3.63, 3.8) is 0 Å². The third-order valence-corrected chi connectivity index (χ3v) is 2.18. The van der Waals surface area contributed by atoms with Crippen molar-refractivity contribution < 1.29 is 14.8 Å². The van der Waals surface area contributed by atoms with E-state index >= 15 is 0 Å². The Morgan fingerprint density at radius 3 is 2.94 bits per heavy atom. The number of nitro groups is 1. The van der Waals surface area contributed by atoms with Crippen molar-refractivity contribution >= 4 is 27.4 Å². The summed E-state index contributed by atoms with van der Waals surface area (Å²) in [5.74, 6) is 0.402. The first-order valence-electron chi connectivity index (χ1n) is 4.88. The number of aliphatic hydroxyl groups is 1. The molecule has 2 N–H and O–H groups in total. The molecule has 1 aromatic heterocycles. The van der Waals surface area contributed by atoms with E-state index in [0.717, 1.165) is 0 Å². The molecule has 0 atom stereocenters. The number of halogens is 1. The highest BCUT2D eigenvalue weighted by Crippen LogP contribution is 2.20. The topological polar surface area (TPSA) is 97.5 Å². The number of aromatic nitrogens is 1. The number of rotatable bonds is 7. The van der Waals surface area contributed by atoms with Crippen LogP contribution in [0.5, 0.6) is 0 Å². The van der Waals surface area contributed by atoms with Crippen LogP contribution in [0, 0.1) is 10.1 Å². The zero-order valence-corrected chi connectivity index (χ0v) is 10.5. The molecule has 0 aromatic carbocycles. The molecule has 1 rings (SSSR count). The molecule has 0 bridgehead atoms. The summed E-state index contributed by atoms with van der Waals surface area (Å²) in [4.78, 5) is 14.1. The second-order valence-electron chi connectivity index (χ2n) is 3.05. The zero-order valence-electron chi connectivity index (χ0n) is 8.93. The van der Waals surface area contributed by atoms with Crippen molar-refractivity contribution in [2.75, 3.05) is 31.7 Å². The van der Waals surface area contributed by atoms with Crippen LogP contribution in [0.15, 0.2) is 16.7 Å². The standard InChI is InChI=1S/C9H12BrN3O4/c10-8-5-7(13(15)16)6-9(12-8)11-1-3-17-4-2-14/h5-6,14H,1-4H2,(H,11,12). The molecule has 0 spiro atoms. The van der Waals surface area contributed by atoms with Crippen molar-refractivity contribution in [1.29, 1.82) is 0 Å². The van der Waals surface area contributed by atoms with Crippen LogP contribution in [-0.4, -0.2) is 41.4 Å². The Kier molecular flexibility index (Phi) is 5.81. The first kappa shape index (κ1) is 13.8. The van der Waals surface area contributed by atoms with Crippen LogP contribution in [0.4, 0.5) is 11.5 Å². The van der Waals surface area contributed by atoms with Crippen molar-refractivity contribution in [1.82, 2.24) is 4.98 Å². The summed E-state index contributed by atoms with van der Waals surface area (Å²) in [5, 5.41) is 22.0. The predicted octanol–water partition coefficient (Wildman–Crippen LogP) is 1.17. The van der Waals surface area contributed by atoms with E-state index in [2.05, 4.69) is 26.2 Å². The molecule has 0 radical (unpaired) electrons. The van der Waals surface area contributed by atoms with Crippen molar-refractivity contribution in [3.8, 4) is 0 Å². The fraction of sp³-hybridized carbons (Fsp3) is 0.444. The molecule has 0 fully saturated rings. The lowest BCUT2D eigenvalue weighted by Gasteiger charge is -2.06. The van der Waals surface area contributed by atoms with Crippen LogP contribution in [0.3, 0.4) is 0 Å². The maximum Gasteiger partial charge on any atom is 0.275 e. The van der Waals surface area contributed by atoms with Gasteiger partial charge in [-0.15, -0.1) is 0 Å². The Hall–Kier alpha value is -1.25. The van der Waals surface area contributed by atoms with E-state index in [4.69, 9.17) is 9.84 Å². The maximum absolute atomic E-state index is 10.6. The van der Waals surface area contributed by atoms with Crippen LogP contribution < -0.4 is 5.32 Å². The molecule has 0 aliphatic heterocycles. The van der Waals surface area contributed by atoms with Crippen LogP contribution in [0.1, 0.15) is 0 Å². The molecule has 1 heterocycles. The van der Waals surface area contributed by atoms with Crippen LogP contribution in [-0.2, 0) is 4.74 Å². The first-order valence-corrected chi connectivity index (χ1v) is 5.67. The molecular formula is C9H12BrN3O4. The van der Waals surface area contributed by atoms with Gasteiger partial charge in [-0.05, 0) is 15.9 Å². The zero-order chi connectivity index (χ0) is 12.7. The fourth-order valence-electron chi connectivity index (χ4n) is 1.10. The number of pyridine rings is 1. The molecular weight excluding hydrogens is 294 g/mol. The highest BCUT2D eigenvalue weighted by atomic mass is 79.9. The summed E-state index contributed by atoms with van der Waals surface area (Å²) in [6.45, 7) is 1.09. The summed E-state index contributed by atoms with van der Waals surface area (Å²) < 4.78 is 5.42. The Balaban J connectivity index is 2.50. The molecule has 0 aliphatic rings. The highest BCUT2D eigenvalue weighted by molar-refractivity contribution is 9.10. The first-order chi connectivity index (χ1) is 8.13. The van der Waals surface area contributed by atoms with Crippen molar-refractivity contribution in [3.05, 3.63) is 26.9 Å². The van der Waals surface area contributed by atoms with Gasteiger partial charge in [0, 0.05) is 12.6 Å². The molecule has 0 saturated carbocycles. The molecule has 0 amide bonds. The van der Waals surface area contributed by atoms with Crippen LogP contribution in [0.25, 0.3) is 0 Å². The maximum atomic E-state index is 10.6. The van der Waals surface area contributed by atoms with E-state index in [1.807, 2.05) is 0 Å². The predicted molar refractivity (Wildman–Crippen MR) is 65.0 cm³/mol. The van der Waals surface area contributed by atoms with Gasteiger partial charge in [-0.2, -0.15) is 0 Å². The molecule has 7 nitrogen and oxygen atoms in total. The van der Waals surface area contributed by atoms with Gasteiger partial charge in [0.05, 0.1) is 30.8 Å². The molecule has 17 heavy (non-hydrogen) atoms. The Morgan fingerprint density at radius 1 is 1.53 bits per heavy atom. The van der Waals surface area contributed by atoms with E-state index in [-0.39, 0.29) is 18.9 Å². The van der Waals surface area contributed by atoms with Gasteiger partial charge in [-0.25, -0.2) is 4.98 Å². The summed E-state index contributed by atoms with van der Waals surface area (Å²) in [6.07, 6.45) is 0. The number of aliphatic hydroxyl groups excluding tert-OH is 1. The minimum absolute atomic E-state index is 0.0272. The van der Waals surface area contributed by atoms with E-state index in [1.165, 1.54) is 12.1 Å². The summed E-state index contributed by atoms with van der Waals surface area (Å²) in [5.41, 5.74) is -0.0364. The number of nitrogens with one attached hydrogen (secondary N) is 1. The molecule has 0 aliphatic carbocycles. The van der Waals surface area contributed by atoms with Gasteiger partial charge in [-0.3, -0.25) is 10.1 Å². The van der Waals surface area contributed by atoms with Crippen LogP contribution >= 0.6 is 15.9 Å². The summed E-state index contributed by atoms with van der Waals surface area (Å²) >= 11 is 3.10. The molecule has 1 aromatic rings. The Morgan fingerprint density at radius 2 is 2.29 bits per heavy atom. The van der Waals surface area contributed by atoms with Gasteiger partial charge in [0.2, 0.25) is 0 Å². The molecule has 94 valence electrons. The summed E-state index contributed by atoms with van der Waals surface area (Å²) in [6, 6.07) is 2.67. The Bertz CT molecular complexity index is 389.